The summed E-state index contributed by atoms with van der Waals surface area (Å²) in [6.45, 7) is 0. The third-order valence-electron chi connectivity index (χ3n) is 3.29. The lowest BCUT2D eigenvalue weighted by atomic mass is 10.2. The number of imidazole rings is 1. The highest BCUT2D eigenvalue weighted by Crippen LogP contribution is 2.38. The molecule has 4 heterocycles. The first-order valence-corrected chi connectivity index (χ1v) is 7.39. The summed E-state index contributed by atoms with van der Waals surface area (Å²) < 4.78 is 7.10. The molecule has 114 valence electrons. The molecule has 0 radical (unpaired) electrons. The molecule has 0 spiro atoms. The topological polar surface area (TPSA) is 126 Å². The fourth-order valence-corrected chi connectivity index (χ4v) is 3.22. The smallest absolute Gasteiger partial charge is 0.260 e. The molecule has 8 nitrogen and oxygen atoms in total. The number of primary amides is 1. The number of nitrogens with two attached hydrogens (primary N) is 2. The Hall–Kier alpha value is -3.20. The van der Waals surface area contributed by atoms with Crippen molar-refractivity contribution in [2.24, 2.45) is 5.73 Å². The minimum atomic E-state index is -0.597. The van der Waals surface area contributed by atoms with E-state index in [9.17, 15) is 4.79 Å². The number of thiophene rings is 1. The second-order valence-corrected chi connectivity index (χ2v) is 5.71. The van der Waals surface area contributed by atoms with Crippen LogP contribution in [0.3, 0.4) is 0 Å². The quantitative estimate of drug-likeness (QED) is 0.591. The minimum Gasteiger partial charge on any atom is -0.463 e. The van der Waals surface area contributed by atoms with Gasteiger partial charge in [0.1, 0.15) is 21.7 Å². The normalized spacial score (nSPS) is 11.1. The Bertz CT molecular complexity index is 1000. The van der Waals surface area contributed by atoms with Crippen molar-refractivity contribution < 1.29 is 9.21 Å². The number of carbonyl (C=O) groups is 1. The summed E-state index contributed by atoms with van der Waals surface area (Å²) in [5, 5.41) is 0.558. The first-order valence-electron chi connectivity index (χ1n) is 6.57. The molecule has 0 aliphatic rings. The zero-order valence-electron chi connectivity index (χ0n) is 11.6. The average molecular weight is 326 g/mol. The molecule has 0 aromatic carbocycles. The SMILES string of the molecule is NC(=O)c1sc2nc(-n3ccnc3)nc(-c3ccco3)c2c1N. The van der Waals surface area contributed by atoms with Gasteiger partial charge in [-0.3, -0.25) is 9.36 Å². The summed E-state index contributed by atoms with van der Waals surface area (Å²) in [4.78, 5) is 25.3. The highest BCUT2D eigenvalue weighted by atomic mass is 32.1. The van der Waals surface area contributed by atoms with Crippen LogP contribution >= 0.6 is 11.3 Å². The molecule has 0 atom stereocenters. The average Bonchev–Trinajstić information content (AvgIpc) is 3.27. The molecule has 0 saturated carbocycles. The van der Waals surface area contributed by atoms with Crippen LogP contribution in [0.4, 0.5) is 5.69 Å². The second-order valence-electron chi connectivity index (χ2n) is 4.71. The Kier molecular flexibility index (Phi) is 2.88. The van der Waals surface area contributed by atoms with Crippen LogP contribution in [0.15, 0.2) is 41.5 Å². The van der Waals surface area contributed by atoms with E-state index < -0.39 is 5.91 Å². The third-order valence-corrected chi connectivity index (χ3v) is 4.40. The summed E-state index contributed by atoms with van der Waals surface area (Å²) in [7, 11) is 0. The van der Waals surface area contributed by atoms with Crippen LogP contribution in [-0.4, -0.2) is 25.4 Å². The highest BCUT2D eigenvalue weighted by Gasteiger charge is 2.22. The van der Waals surface area contributed by atoms with Gasteiger partial charge in [0.25, 0.3) is 5.91 Å². The number of fused-ring (bicyclic) bond motifs is 1. The van der Waals surface area contributed by atoms with Crippen molar-refractivity contribution in [3.05, 3.63) is 42.0 Å². The van der Waals surface area contributed by atoms with Crippen molar-refractivity contribution in [1.82, 2.24) is 19.5 Å². The van der Waals surface area contributed by atoms with Crippen LogP contribution in [0.1, 0.15) is 9.67 Å². The number of aromatic nitrogens is 4. The maximum atomic E-state index is 11.6. The number of amides is 1. The molecule has 0 saturated heterocycles. The standard InChI is InChI=1S/C14H10N6O2S/c15-9-8-10(7-2-1-5-22-7)18-14(20-4-3-17-6-20)19-13(8)23-11(9)12(16)21/h1-6H,15H2,(H2,16,21). The van der Waals surface area contributed by atoms with Crippen LogP contribution in [0, 0.1) is 0 Å². The molecule has 0 aliphatic carbocycles. The van der Waals surface area contributed by atoms with Crippen molar-refractivity contribution in [1.29, 1.82) is 0 Å². The van der Waals surface area contributed by atoms with Crippen LogP contribution in [0.2, 0.25) is 0 Å². The zero-order chi connectivity index (χ0) is 16.0. The molecule has 9 heteroatoms. The maximum Gasteiger partial charge on any atom is 0.260 e. The van der Waals surface area contributed by atoms with E-state index in [4.69, 9.17) is 15.9 Å². The van der Waals surface area contributed by atoms with Gasteiger partial charge in [-0.1, -0.05) is 0 Å². The van der Waals surface area contributed by atoms with Crippen molar-refractivity contribution in [3.8, 4) is 17.4 Å². The Morgan fingerprint density at radius 1 is 1.35 bits per heavy atom. The van der Waals surface area contributed by atoms with Gasteiger partial charge in [-0.2, -0.15) is 0 Å². The van der Waals surface area contributed by atoms with E-state index in [1.165, 1.54) is 6.26 Å². The Labute approximate surface area is 133 Å². The lowest BCUT2D eigenvalue weighted by molar-refractivity contribution is 0.100. The molecule has 0 unspecified atom stereocenters. The molecule has 4 N–H and O–H groups in total. The molecule has 4 rings (SSSR count). The summed E-state index contributed by atoms with van der Waals surface area (Å²) in [6.07, 6.45) is 6.47. The highest BCUT2D eigenvalue weighted by molar-refractivity contribution is 7.21. The third kappa shape index (κ3) is 2.06. The van der Waals surface area contributed by atoms with Gasteiger partial charge >= 0.3 is 0 Å². The maximum absolute atomic E-state index is 11.6. The van der Waals surface area contributed by atoms with Gasteiger partial charge in [0.05, 0.1) is 17.3 Å². The predicted octanol–water partition coefficient (Wildman–Crippen LogP) is 1.82. The summed E-state index contributed by atoms with van der Waals surface area (Å²) >= 11 is 1.13. The largest absolute Gasteiger partial charge is 0.463 e. The van der Waals surface area contributed by atoms with Gasteiger partial charge in [0.15, 0.2) is 5.76 Å². The van der Waals surface area contributed by atoms with E-state index in [0.717, 1.165) is 11.3 Å². The Balaban J connectivity index is 2.08. The van der Waals surface area contributed by atoms with Crippen molar-refractivity contribution in [2.75, 3.05) is 5.73 Å². The van der Waals surface area contributed by atoms with Crippen LogP contribution < -0.4 is 11.5 Å². The van der Waals surface area contributed by atoms with E-state index in [1.807, 2.05) is 0 Å². The lowest BCUT2D eigenvalue weighted by Crippen LogP contribution is -2.10. The molecule has 0 aliphatic heterocycles. The first-order chi connectivity index (χ1) is 11.1. The molecular formula is C14H10N6O2S. The van der Waals surface area contributed by atoms with Gasteiger partial charge in [0, 0.05) is 12.4 Å². The number of nitrogen functional groups attached to an aromatic ring is 1. The number of furan rings is 1. The van der Waals surface area contributed by atoms with Crippen molar-refractivity contribution >= 4 is 33.1 Å². The predicted molar refractivity (Wildman–Crippen MR) is 85.2 cm³/mol. The molecule has 1 amide bonds. The van der Waals surface area contributed by atoms with Gasteiger partial charge in [-0.25, -0.2) is 15.0 Å². The van der Waals surface area contributed by atoms with E-state index in [0.29, 0.717) is 27.6 Å². The first kappa shape index (κ1) is 13.5. The summed E-state index contributed by atoms with van der Waals surface area (Å²) in [6, 6.07) is 3.51. The van der Waals surface area contributed by atoms with Crippen LogP contribution in [-0.2, 0) is 0 Å². The molecule has 4 aromatic rings. The number of hydrogen-bond acceptors (Lipinski definition) is 7. The molecule has 0 fully saturated rings. The molecule has 4 aromatic heterocycles. The van der Waals surface area contributed by atoms with E-state index in [-0.39, 0.29) is 10.6 Å². The molecule has 23 heavy (non-hydrogen) atoms. The van der Waals surface area contributed by atoms with Gasteiger partial charge in [-0.15, -0.1) is 11.3 Å². The summed E-state index contributed by atoms with van der Waals surface area (Å²) in [5.41, 5.74) is 12.2. The number of nitrogens with zero attached hydrogens (tertiary/aromatic N) is 4. The molecular weight excluding hydrogens is 316 g/mol. The van der Waals surface area contributed by atoms with E-state index in [1.54, 1.807) is 35.4 Å². The van der Waals surface area contributed by atoms with Gasteiger partial charge in [0.2, 0.25) is 5.95 Å². The Morgan fingerprint density at radius 3 is 2.87 bits per heavy atom. The van der Waals surface area contributed by atoms with Crippen LogP contribution in [0.5, 0.6) is 0 Å². The number of carbonyl (C=O) groups excluding carboxylic acids is 1. The van der Waals surface area contributed by atoms with Gasteiger partial charge in [-0.05, 0) is 12.1 Å². The fourth-order valence-electron chi connectivity index (χ4n) is 2.28. The lowest BCUT2D eigenvalue weighted by Gasteiger charge is -2.05. The van der Waals surface area contributed by atoms with Crippen LogP contribution in [0.25, 0.3) is 27.6 Å². The Morgan fingerprint density at radius 2 is 2.22 bits per heavy atom. The number of hydrogen-bond donors (Lipinski definition) is 2. The summed E-state index contributed by atoms with van der Waals surface area (Å²) in [5.74, 6) is 0.332. The van der Waals surface area contributed by atoms with E-state index >= 15 is 0 Å². The van der Waals surface area contributed by atoms with Gasteiger partial charge < -0.3 is 15.9 Å². The number of anilines is 1. The minimum absolute atomic E-state index is 0.255. The van der Waals surface area contributed by atoms with E-state index in [2.05, 4.69) is 15.0 Å². The zero-order valence-corrected chi connectivity index (χ0v) is 12.4. The van der Waals surface area contributed by atoms with Crippen molar-refractivity contribution in [3.63, 3.8) is 0 Å². The second kappa shape index (κ2) is 4.92. The molecule has 0 bridgehead atoms. The van der Waals surface area contributed by atoms with Crippen molar-refractivity contribution in [2.45, 2.75) is 0 Å². The number of rotatable bonds is 3. The fraction of sp³-hybridized carbons (Fsp3) is 0. The monoisotopic (exact) mass is 326 g/mol.